The molecule has 1 aromatic carbocycles. The van der Waals surface area contributed by atoms with Crippen LogP contribution in [0.15, 0.2) is 29.2 Å². The van der Waals surface area contributed by atoms with E-state index in [2.05, 4.69) is 5.32 Å². The summed E-state index contributed by atoms with van der Waals surface area (Å²) in [5.74, 6) is -0.182. The Morgan fingerprint density at radius 2 is 1.93 bits per heavy atom. The second-order valence-electron chi connectivity index (χ2n) is 6.88. The summed E-state index contributed by atoms with van der Waals surface area (Å²) >= 11 is 0. The molecule has 7 nitrogen and oxygen atoms in total. The van der Waals surface area contributed by atoms with Crippen molar-refractivity contribution in [2.75, 3.05) is 26.2 Å². The Bertz CT molecular complexity index is 761. The summed E-state index contributed by atoms with van der Waals surface area (Å²) < 4.78 is 32.2. The smallest absolute Gasteiger partial charge is 0.243 e. The van der Waals surface area contributed by atoms with Crippen LogP contribution < -0.4 is 5.32 Å². The van der Waals surface area contributed by atoms with Gasteiger partial charge in [0.05, 0.1) is 22.6 Å². The van der Waals surface area contributed by atoms with E-state index in [1.807, 2.05) is 19.9 Å². The number of ether oxygens (including phenoxy) is 1. The van der Waals surface area contributed by atoms with Gasteiger partial charge in [0.25, 0.3) is 0 Å². The molecule has 1 aliphatic rings. The van der Waals surface area contributed by atoms with Gasteiger partial charge in [0.2, 0.25) is 15.9 Å². The zero-order valence-corrected chi connectivity index (χ0v) is 16.7. The maximum Gasteiger partial charge on any atom is 0.243 e. The number of rotatable bonds is 8. The molecule has 0 unspecified atom stereocenters. The van der Waals surface area contributed by atoms with Crippen LogP contribution in [-0.4, -0.2) is 51.0 Å². The van der Waals surface area contributed by atoms with Crippen molar-refractivity contribution < 1.29 is 17.9 Å². The number of benzene rings is 1. The Hall–Kier alpha value is -1.95. The molecule has 1 N–H and O–H groups in total. The van der Waals surface area contributed by atoms with E-state index in [9.17, 15) is 13.2 Å². The summed E-state index contributed by atoms with van der Waals surface area (Å²) in [6.45, 7) is 5.75. The van der Waals surface area contributed by atoms with Gasteiger partial charge in [-0.2, -0.15) is 9.57 Å². The molecule has 0 aromatic heterocycles. The van der Waals surface area contributed by atoms with E-state index < -0.39 is 10.0 Å². The van der Waals surface area contributed by atoms with Gasteiger partial charge in [-0.1, -0.05) is 0 Å². The second kappa shape index (κ2) is 9.83. The van der Waals surface area contributed by atoms with E-state index >= 15 is 0 Å². The summed E-state index contributed by atoms with van der Waals surface area (Å²) in [6.07, 6.45) is 1.95. The summed E-state index contributed by atoms with van der Waals surface area (Å²) in [5, 5.41) is 11.7. The van der Waals surface area contributed by atoms with Gasteiger partial charge < -0.3 is 10.1 Å². The SMILES string of the molecule is CC(C)OCCCNC(=O)C1CCN(S(=O)(=O)c2ccc(C#N)cc2)CC1. The minimum atomic E-state index is -3.59. The lowest BCUT2D eigenvalue weighted by atomic mass is 9.97. The Morgan fingerprint density at radius 1 is 1.30 bits per heavy atom. The van der Waals surface area contributed by atoms with Crippen molar-refractivity contribution in [1.82, 2.24) is 9.62 Å². The van der Waals surface area contributed by atoms with Crippen molar-refractivity contribution >= 4 is 15.9 Å². The van der Waals surface area contributed by atoms with Crippen LogP contribution >= 0.6 is 0 Å². The molecule has 148 valence electrons. The van der Waals surface area contributed by atoms with Gasteiger partial charge in [-0.05, 0) is 57.4 Å². The predicted octanol–water partition coefficient (Wildman–Crippen LogP) is 1.89. The minimum Gasteiger partial charge on any atom is -0.379 e. The van der Waals surface area contributed by atoms with Crippen molar-refractivity contribution in [1.29, 1.82) is 5.26 Å². The number of carbonyl (C=O) groups is 1. The van der Waals surface area contributed by atoms with Gasteiger partial charge in [0.15, 0.2) is 0 Å². The van der Waals surface area contributed by atoms with Crippen LogP contribution in [0, 0.1) is 17.2 Å². The number of amides is 1. The molecule has 0 bridgehead atoms. The molecule has 0 saturated carbocycles. The highest BCUT2D eigenvalue weighted by atomic mass is 32.2. The highest BCUT2D eigenvalue weighted by Crippen LogP contribution is 2.24. The molecular weight excluding hydrogens is 366 g/mol. The number of nitriles is 1. The van der Waals surface area contributed by atoms with Crippen molar-refractivity contribution in [2.24, 2.45) is 5.92 Å². The lowest BCUT2D eigenvalue weighted by Gasteiger charge is -2.30. The third-order valence-corrected chi connectivity index (χ3v) is 6.43. The second-order valence-corrected chi connectivity index (χ2v) is 8.82. The van der Waals surface area contributed by atoms with Crippen molar-refractivity contribution in [3.63, 3.8) is 0 Å². The molecule has 0 aliphatic carbocycles. The van der Waals surface area contributed by atoms with Crippen LogP contribution in [0.3, 0.4) is 0 Å². The Kier molecular flexibility index (Phi) is 7.78. The number of nitrogens with one attached hydrogen (secondary N) is 1. The number of nitrogens with zero attached hydrogens (tertiary/aromatic N) is 2. The van der Waals surface area contributed by atoms with Crippen LogP contribution in [0.2, 0.25) is 0 Å². The van der Waals surface area contributed by atoms with Crippen LogP contribution in [0.25, 0.3) is 0 Å². The fraction of sp³-hybridized carbons (Fsp3) is 0.579. The maximum absolute atomic E-state index is 12.7. The summed E-state index contributed by atoms with van der Waals surface area (Å²) in [5.41, 5.74) is 0.420. The summed E-state index contributed by atoms with van der Waals surface area (Å²) in [4.78, 5) is 12.4. The van der Waals surface area contributed by atoms with Crippen LogP contribution in [0.4, 0.5) is 0 Å². The molecule has 1 aliphatic heterocycles. The number of hydrogen-bond donors (Lipinski definition) is 1. The molecule has 0 spiro atoms. The molecule has 1 fully saturated rings. The monoisotopic (exact) mass is 393 g/mol. The molecule has 27 heavy (non-hydrogen) atoms. The highest BCUT2D eigenvalue weighted by molar-refractivity contribution is 7.89. The first-order chi connectivity index (χ1) is 12.8. The number of sulfonamides is 1. The van der Waals surface area contributed by atoms with Gasteiger partial charge in [-0.15, -0.1) is 0 Å². The van der Waals surface area contributed by atoms with Crippen LogP contribution in [-0.2, 0) is 19.6 Å². The molecule has 2 rings (SSSR count). The quantitative estimate of drug-likeness (QED) is 0.680. The van der Waals surface area contributed by atoms with Gasteiger partial charge >= 0.3 is 0 Å². The first-order valence-corrected chi connectivity index (χ1v) is 10.7. The standard InChI is InChI=1S/C19H27N3O4S/c1-15(2)26-13-3-10-21-19(23)17-8-11-22(12-9-17)27(24,25)18-6-4-16(14-20)5-7-18/h4-7,15,17H,3,8-13H2,1-2H3,(H,21,23). The Balaban J connectivity index is 1.81. The normalized spacial score (nSPS) is 16.2. The van der Waals surface area contributed by atoms with Gasteiger partial charge in [-0.3, -0.25) is 4.79 Å². The van der Waals surface area contributed by atoms with Gasteiger partial charge in [0.1, 0.15) is 0 Å². The lowest BCUT2D eigenvalue weighted by Crippen LogP contribution is -2.43. The topological polar surface area (TPSA) is 99.5 Å². The van der Waals surface area contributed by atoms with E-state index in [0.717, 1.165) is 6.42 Å². The molecule has 1 heterocycles. The predicted molar refractivity (Wildman–Crippen MR) is 101 cm³/mol. The first kappa shape index (κ1) is 21.4. The van der Waals surface area contributed by atoms with Crippen molar-refractivity contribution in [3.8, 4) is 6.07 Å². The van der Waals surface area contributed by atoms with Crippen LogP contribution in [0.5, 0.6) is 0 Å². The van der Waals surface area contributed by atoms with E-state index in [-0.39, 0.29) is 22.8 Å². The van der Waals surface area contributed by atoms with Crippen LogP contribution in [0.1, 0.15) is 38.7 Å². The Morgan fingerprint density at radius 3 is 2.48 bits per heavy atom. The third-order valence-electron chi connectivity index (χ3n) is 4.52. The number of hydrogen-bond acceptors (Lipinski definition) is 5. The average molecular weight is 394 g/mol. The minimum absolute atomic E-state index is 0.0185. The zero-order chi connectivity index (χ0) is 19.9. The van der Waals surface area contributed by atoms with E-state index in [4.69, 9.17) is 10.00 Å². The lowest BCUT2D eigenvalue weighted by molar-refractivity contribution is -0.126. The molecule has 0 radical (unpaired) electrons. The van der Waals surface area contributed by atoms with E-state index in [0.29, 0.717) is 44.6 Å². The fourth-order valence-corrected chi connectivity index (χ4v) is 4.43. The zero-order valence-electron chi connectivity index (χ0n) is 15.8. The highest BCUT2D eigenvalue weighted by Gasteiger charge is 2.31. The van der Waals surface area contributed by atoms with Gasteiger partial charge in [-0.25, -0.2) is 8.42 Å². The first-order valence-electron chi connectivity index (χ1n) is 9.24. The fourth-order valence-electron chi connectivity index (χ4n) is 2.96. The summed E-state index contributed by atoms with van der Waals surface area (Å²) in [7, 11) is -3.59. The van der Waals surface area contributed by atoms with Crippen molar-refractivity contribution in [3.05, 3.63) is 29.8 Å². The number of carbonyl (C=O) groups excluding carboxylic acids is 1. The average Bonchev–Trinajstić information content (AvgIpc) is 2.67. The van der Waals surface area contributed by atoms with E-state index in [1.54, 1.807) is 0 Å². The van der Waals surface area contributed by atoms with E-state index in [1.165, 1.54) is 28.6 Å². The molecule has 1 amide bonds. The molecular formula is C19H27N3O4S. The largest absolute Gasteiger partial charge is 0.379 e. The van der Waals surface area contributed by atoms with Gasteiger partial charge in [0, 0.05) is 32.2 Å². The third kappa shape index (κ3) is 6.03. The Labute approximate surface area is 161 Å². The van der Waals surface area contributed by atoms with Crippen molar-refractivity contribution in [2.45, 2.75) is 44.1 Å². The maximum atomic E-state index is 12.7. The molecule has 1 saturated heterocycles. The number of piperidine rings is 1. The summed E-state index contributed by atoms with van der Waals surface area (Å²) in [6, 6.07) is 7.87. The molecule has 8 heteroatoms. The molecule has 1 aromatic rings. The molecule has 0 atom stereocenters.